The maximum atomic E-state index is 11.4. The maximum Gasteiger partial charge on any atom is 0.265 e. The summed E-state index contributed by atoms with van der Waals surface area (Å²) in [6, 6.07) is 0. The summed E-state index contributed by atoms with van der Waals surface area (Å²) < 4.78 is 3.60. The van der Waals surface area contributed by atoms with Crippen LogP contribution in [0.2, 0.25) is 0 Å². The molecular formula is C7H13ClN4OS. The highest BCUT2D eigenvalue weighted by Gasteiger charge is 2.20. The second-order valence-corrected chi connectivity index (χ2v) is 4.11. The minimum atomic E-state index is -0.388. The van der Waals surface area contributed by atoms with E-state index in [9.17, 15) is 4.79 Å². The molecule has 0 atom stereocenters. The smallest absolute Gasteiger partial charge is 0.265 e. The Kier molecular flexibility index (Phi) is 4.96. The first-order chi connectivity index (χ1) is 6.05. The van der Waals surface area contributed by atoms with E-state index >= 15 is 0 Å². The summed E-state index contributed by atoms with van der Waals surface area (Å²) in [6.45, 7) is 4.11. The van der Waals surface area contributed by atoms with Gasteiger partial charge in [-0.15, -0.1) is 17.5 Å². The number of nitrogens with one attached hydrogen (secondary N) is 1. The van der Waals surface area contributed by atoms with Crippen LogP contribution in [0, 0.1) is 0 Å². The van der Waals surface area contributed by atoms with Gasteiger partial charge in [-0.25, -0.2) is 0 Å². The molecule has 0 spiro atoms. The van der Waals surface area contributed by atoms with Crippen molar-refractivity contribution < 1.29 is 4.79 Å². The van der Waals surface area contributed by atoms with Gasteiger partial charge in [-0.2, -0.15) is 0 Å². The lowest BCUT2D eigenvalue weighted by Crippen LogP contribution is -2.48. The molecule has 1 heterocycles. The molecule has 0 aliphatic rings. The lowest BCUT2D eigenvalue weighted by molar-refractivity contribution is 0.0919. The molecule has 1 rings (SSSR count). The molecule has 0 bridgehead atoms. The predicted octanol–water partition coefficient (Wildman–Crippen LogP) is 0.427. The molecule has 0 aliphatic carbocycles. The summed E-state index contributed by atoms with van der Waals surface area (Å²) >= 11 is 1.07. The van der Waals surface area contributed by atoms with Gasteiger partial charge in [0, 0.05) is 12.1 Å². The Labute approximate surface area is 92.6 Å². The maximum absolute atomic E-state index is 11.4. The number of carbonyl (C=O) groups is 1. The van der Waals surface area contributed by atoms with E-state index in [-0.39, 0.29) is 23.9 Å². The van der Waals surface area contributed by atoms with Gasteiger partial charge in [-0.3, -0.25) is 4.79 Å². The second kappa shape index (κ2) is 5.23. The highest BCUT2D eigenvalue weighted by molar-refractivity contribution is 7.07. The fourth-order valence-corrected chi connectivity index (χ4v) is 1.10. The monoisotopic (exact) mass is 236 g/mol. The molecule has 0 radical (unpaired) electrons. The van der Waals surface area contributed by atoms with E-state index in [1.807, 2.05) is 13.8 Å². The van der Waals surface area contributed by atoms with E-state index in [4.69, 9.17) is 5.73 Å². The fourth-order valence-electron chi connectivity index (χ4n) is 0.687. The van der Waals surface area contributed by atoms with Crippen LogP contribution in [0.25, 0.3) is 0 Å². The number of nitrogens with two attached hydrogens (primary N) is 1. The van der Waals surface area contributed by atoms with Gasteiger partial charge in [0.1, 0.15) is 4.88 Å². The molecule has 0 aliphatic heterocycles. The van der Waals surface area contributed by atoms with Crippen molar-refractivity contribution >= 4 is 29.8 Å². The van der Waals surface area contributed by atoms with Crippen LogP contribution < -0.4 is 11.1 Å². The van der Waals surface area contributed by atoms with E-state index in [2.05, 4.69) is 14.9 Å². The van der Waals surface area contributed by atoms with Crippen LogP contribution in [0.1, 0.15) is 23.5 Å². The van der Waals surface area contributed by atoms with Crippen molar-refractivity contribution in [1.82, 2.24) is 14.9 Å². The number of amides is 1. The number of hydrogen-bond acceptors (Lipinski definition) is 5. The van der Waals surface area contributed by atoms with Crippen molar-refractivity contribution in [2.75, 3.05) is 6.54 Å². The molecule has 14 heavy (non-hydrogen) atoms. The van der Waals surface area contributed by atoms with Crippen molar-refractivity contribution in [3.63, 3.8) is 0 Å². The number of halogens is 1. The number of carbonyl (C=O) groups excluding carboxylic acids is 1. The van der Waals surface area contributed by atoms with Crippen LogP contribution in [-0.4, -0.2) is 27.6 Å². The van der Waals surface area contributed by atoms with Gasteiger partial charge in [-0.05, 0) is 25.4 Å². The van der Waals surface area contributed by atoms with Crippen molar-refractivity contribution in [1.29, 1.82) is 0 Å². The van der Waals surface area contributed by atoms with Crippen LogP contribution in [0.5, 0.6) is 0 Å². The molecule has 0 fully saturated rings. The van der Waals surface area contributed by atoms with Crippen molar-refractivity contribution in [3.8, 4) is 0 Å². The number of hydrogen-bond donors (Lipinski definition) is 2. The molecule has 7 heteroatoms. The zero-order valence-electron chi connectivity index (χ0n) is 7.98. The average molecular weight is 237 g/mol. The standard InChI is InChI=1S/C7H12N4OS.ClH/c1-7(2,4-8)10-6(12)5-3-9-11-13-5;/h3H,4,8H2,1-2H3,(H,10,12);1H. The van der Waals surface area contributed by atoms with Gasteiger partial charge in [-0.1, -0.05) is 4.49 Å². The molecular weight excluding hydrogens is 224 g/mol. The number of aromatic nitrogens is 2. The first kappa shape index (κ1) is 13.3. The third-order valence-electron chi connectivity index (χ3n) is 1.55. The van der Waals surface area contributed by atoms with Crippen LogP contribution in [0.3, 0.4) is 0 Å². The summed E-state index contributed by atoms with van der Waals surface area (Å²) in [4.78, 5) is 11.9. The second-order valence-electron chi connectivity index (χ2n) is 3.32. The summed E-state index contributed by atoms with van der Waals surface area (Å²) in [5.41, 5.74) is 5.08. The van der Waals surface area contributed by atoms with Crippen LogP contribution in [0.4, 0.5) is 0 Å². The quantitative estimate of drug-likeness (QED) is 0.798. The lowest BCUT2D eigenvalue weighted by Gasteiger charge is -2.23. The summed E-state index contributed by atoms with van der Waals surface area (Å²) in [5, 5.41) is 6.35. The first-order valence-corrected chi connectivity index (χ1v) is 4.62. The van der Waals surface area contributed by atoms with Gasteiger partial charge in [0.25, 0.3) is 5.91 Å². The molecule has 1 aromatic rings. The van der Waals surface area contributed by atoms with E-state index in [0.717, 1.165) is 11.5 Å². The Morgan fingerprint density at radius 2 is 2.36 bits per heavy atom. The van der Waals surface area contributed by atoms with Crippen molar-refractivity contribution in [3.05, 3.63) is 11.1 Å². The fraction of sp³-hybridized carbons (Fsp3) is 0.571. The SMILES string of the molecule is CC(C)(CN)NC(=O)c1cnns1.Cl. The molecule has 0 saturated carbocycles. The Hall–Kier alpha value is -0.720. The van der Waals surface area contributed by atoms with E-state index in [0.29, 0.717) is 11.4 Å². The van der Waals surface area contributed by atoms with Gasteiger partial charge in [0.15, 0.2) is 0 Å². The molecule has 0 unspecified atom stereocenters. The summed E-state index contributed by atoms with van der Waals surface area (Å²) in [7, 11) is 0. The third-order valence-corrected chi connectivity index (χ3v) is 2.21. The summed E-state index contributed by atoms with van der Waals surface area (Å²) in [5.74, 6) is -0.176. The molecule has 1 amide bonds. The van der Waals surface area contributed by atoms with Crippen LogP contribution >= 0.6 is 23.9 Å². The van der Waals surface area contributed by atoms with Gasteiger partial charge in [0.05, 0.1) is 6.20 Å². The van der Waals surface area contributed by atoms with Gasteiger partial charge < -0.3 is 11.1 Å². The number of nitrogens with zero attached hydrogens (tertiary/aromatic N) is 2. The third kappa shape index (κ3) is 3.57. The zero-order chi connectivity index (χ0) is 9.90. The predicted molar refractivity (Wildman–Crippen MR) is 57.8 cm³/mol. The normalized spacial score (nSPS) is 10.5. The van der Waals surface area contributed by atoms with E-state index in [1.165, 1.54) is 6.20 Å². The Morgan fingerprint density at radius 1 is 1.71 bits per heavy atom. The molecule has 0 aromatic carbocycles. The van der Waals surface area contributed by atoms with Crippen LogP contribution in [0.15, 0.2) is 6.20 Å². The number of rotatable bonds is 3. The Morgan fingerprint density at radius 3 is 2.79 bits per heavy atom. The van der Waals surface area contributed by atoms with Crippen molar-refractivity contribution in [2.45, 2.75) is 19.4 Å². The van der Waals surface area contributed by atoms with E-state index in [1.54, 1.807) is 0 Å². The lowest BCUT2D eigenvalue weighted by atomic mass is 10.1. The Balaban J connectivity index is 0.00000169. The first-order valence-electron chi connectivity index (χ1n) is 3.85. The molecule has 1 aromatic heterocycles. The summed E-state index contributed by atoms with van der Waals surface area (Å²) in [6.07, 6.45) is 1.44. The molecule has 80 valence electrons. The average Bonchev–Trinajstić information content (AvgIpc) is 2.55. The topological polar surface area (TPSA) is 80.9 Å². The minimum absolute atomic E-state index is 0. The van der Waals surface area contributed by atoms with Gasteiger partial charge >= 0.3 is 0 Å². The van der Waals surface area contributed by atoms with E-state index < -0.39 is 0 Å². The highest BCUT2D eigenvalue weighted by atomic mass is 35.5. The zero-order valence-corrected chi connectivity index (χ0v) is 9.61. The molecule has 3 N–H and O–H groups in total. The van der Waals surface area contributed by atoms with Gasteiger partial charge in [0.2, 0.25) is 0 Å². The highest BCUT2D eigenvalue weighted by Crippen LogP contribution is 2.05. The molecule has 5 nitrogen and oxygen atoms in total. The van der Waals surface area contributed by atoms with Crippen LogP contribution in [-0.2, 0) is 0 Å². The Bertz CT molecular complexity index is 288. The van der Waals surface area contributed by atoms with Crippen molar-refractivity contribution in [2.24, 2.45) is 5.73 Å². The minimum Gasteiger partial charge on any atom is -0.345 e. The largest absolute Gasteiger partial charge is 0.345 e. The molecule has 0 saturated heterocycles.